The highest BCUT2D eigenvalue weighted by atomic mass is 35.5. The number of nitrogens with zero attached hydrogens (tertiary/aromatic N) is 6. The molecule has 3 aromatic heterocycles. The van der Waals surface area contributed by atoms with E-state index in [1.165, 1.54) is 7.11 Å². The molecule has 1 atom stereocenters. The molecule has 12 heteroatoms. The summed E-state index contributed by atoms with van der Waals surface area (Å²) in [6.07, 6.45) is 5.92. The van der Waals surface area contributed by atoms with Crippen molar-refractivity contribution < 1.29 is 9.53 Å². The van der Waals surface area contributed by atoms with Gasteiger partial charge in [0.05, 0.1) is 12.8 Å². The van der Waals surface area contributed by atoms with Crippen molar-refractivity contribution in [1.82, 2.24) is 40.1 Å². The van der Waals surface area contributed by atoms with E-state index in [9.17, 15) is 4.79 Å². The standard InChI is InChI=1S/C28H30ClN9O2/c1-3-4-9-23-33-25(29)24(28(30,27(39)40-2)16-22-31-14-15-32-22)38(23)17-18-10-12-19(13-11-18)20-7-5-6-8-21(20)26-34-36-37-35-26/h5-8,10-15H,3-4,9,16-17,30H2,1-2H3,(H,31,32)(H,34,35,36,37)/t28-/m1/s1. The highest BCUT2D eigenvalue weighted by Gasteiger charge is 2.44. The summed E-state index contributed by atoms with van der Waals surface area (Å²) in [6, 6.07) is 16.0. The molecular formula is C28H30ClN9O2. The van der Waals surface area contributed by atoms with Gasteiger partial charge in [0, 0.05) is 37.3 Å². The van der Waals surface area contributed by atoms with Gasteiger partial charge in [-0.25, -0.2) is 14.8 Å². The second-order valence-corrected chi connectivity index (χ2v) is 9.87. The minimum Gasteiger partial charge on any atom is -0.467 e. The Labute approximate surface area is 236 Å². The third-order valence-corrected chi connectivity index (χ3v) is 7.11. The highest BCUT2D eigenvalue weighted by molar-refractivity contribution is 6.30. The van der Waals surface area contributed by atoms with Crippen molar-refractivity contribution in [2.75, 3.05) is 7.11 Å². The molecule has 206 valence electrons. The Morgan fingerprint density at radius 1 is 1.15 bits per heavy atom. The van der Waals surface area contributed by atoms with Gasteiger partial charge in [0.2, 0.25) is 5.82 Å². The molecule has 0 unspecified atom stereocenters. The summed E-state index contributed by atoms with van der Waals surface area (Å²) in [6.45, 7) is 2.52. The SMILES string of the molecule is CCCCc1nc(Cl)c([C@](N)(Cc2ncc[nH]2)C(=O)OC)n1Cc1ccc(-c2ccccc2-c2nn[nH]n2)cc1. The van der Waals surface area contributed by atoms with E-state index in [0.29, 0.717) is 30.3 Å². The smallest absolute Gasteiger partial charge is 0.332 e. The molecule has 0 amide bonds. The number of halogens is 1. The number of aryl methyl sites for hydroxylation is 1. The van der Waals surface area contributed by atoms with Crippen molar-refractivity contribution in [3.63, 3.8) is 0 Å². The van der Waals surface area contributed by atoms with Crippen LogP contribution in [0, 0.1) is 0 Å². The Morgan fingerprint density at radius 3 is 2.58 bits per heavy atom. The van der Waals surface area contributed by atoms with Crippen molar-refractivity contribution in [2.45, 2.75) is 44.7 Å². The summed E-state index contributed by atoms with van der Waals surface area (Å²) < 4.78 is 7.10. The lowest BCUT2D eigenvalue weighted by atomic mass is 9.91. The second kappa shape index (κ2) is 11.8. The Hall–Kier alpha value is -4.35. The van der Waals surface area contributed by atoms with E-state index in [0.717, 1.165) is 40.9 Å². The molecule has 0 radical (unpaired) electrons. The molecular weight excluding hydrogens is 530 g/mol. The maximum absolute atomic E-state index is 13.2. The van der Waals surface area contributed by atoms with Gasteiger partial charge in [0.25, 0.3) is 0 Å². The van der Waals surface area contributed by atoms with Crippen LogP contribution < -0.4 is 5.73 Å². The average Bonchev–Trinajstić information content (AvgIpc) is 3.74. The van der Waals surface area contributed by atoms with Gasteiger partial charge in [-0.3, -0.25) is 0 Å². The lowest BCUT2D eigenvalue weighted by Gasteiger charge is -2.28. The highest BCUT2D eigenvalue weighted by Crippen LogP contribution is 2.33. The fourth-order valence-electron chi connectivity index (χ4n) is 4.86. The van der Waals surface area contributed by atoms with E-state index >= 15 is 0 Å². The summed E-state index contributed by atoms with van der Waals surface area (Å²) in [5.74, 6) is 1.20. The monoisotopic (exact) mass is 559 g/mol. The zero-order valence-electron chi connectivity index (χ0n) is 22.3. The first kappa shape index (κ1) is 27.2. The van der Waals surface area contributed by atoms with E-state index in [4.69, 9.17) is 22.1 Å². The third kappa shape index (κ3) is 5.38. The molecule has 5 aromatic rings. The van der Waals surface area contributed by atoms with Crippen molar-refractivity contribution in [3.8, 4) is 22.5 Å². The van der Waals surface area contributed by atoms with E-state index < -0.39 is 11.5 Å². The van der Waals surface area contributed by atoms with Crippen LogP contribution in [0.4, 0.5) is 0 Å². The van der Waals surface area contributed by atoms with Crippen LogP contribution in [0.1, 0.15) is 42.7 Å². The van der Waals surface area contributed by atoms with Gasteiger partial charge in [-0.1, -0.05) is 73.5 Å². The number of hydrogen-bond donors (Lipinski definition) is 3. The van der Waals surface area contributed by atoms with Gasteiger partial charge in [0.1, 0.15) is 11.6 Å². The Balaban J connectivity index is 1.53. The molecule has 4 N–H and O–H groups in total. The van der Waals surface area contributed by atoms with Gasteiger partial charge in [-0.2, -0.15) is 5.21 Å². The number of esters is 1. The molecule has 0 spiro atoms. The van der Waals surface area contributed by atoms with Crippen molar-refractivity contribution in [3.05, 3.63) is 89.0 Å². The number of rotatable bonds is 11. The molecule has 0 saturated carbocycles. The number of aromatic nitrogens is 8. The van der Waals surface area contributed by atoms with E-state index in [1.807, 2.05) is 53.1 Å². The largest absolute Gasteiger partial charge is 0.467 e. The Morgan fingerprint density at radius 2 is 1.93 bits per heavy atom. The topological polar surface area (TPSA) is 153 Å². The number of methoxy groups -OCH3 is 1. The van der Waals surface area contributed by atoms with Gasteiger partial charge < -0.3 is 20.0 Å². The first-order valence-electron chi connectivity index (χ1n) is 13.0. The van der Waals surface area contributed by atoms with Crippen molar-refractivity contribution in [2.24, 2.45) is 5.73 Å². The maximum Gasteiger partial charge on any atom is 0.332 e. The summed E-state index contributed by atoms with van der Waals surface area (Å²) in [7, 11) is 1.31. The van der Waals surface area contributed by atoms with Gasteiger partial charge in [0.15, 0.2) is 10.7 Å². The molecule has 11 nitrogen and oxygen atoms in total. The lowest BCUT2D eigenvalue weighted by Crippen LogP contribution is -2.49. The molecule has 5 rings (SSSR count). The number of carbonyl (C=O) groups is 1. The second-order valence-electron chi connectivity index (χ2n) is 9.51. The number of tetrazole rings is 1. The molecule has 2 aromatic carbocycles. The molecule has 0 aliphatic carbocycles. The first-order chi connectivity index (χ1) is 19.4. The summed E-state index contributed by atoms with van der Waals surface area (Å²) in [4.78, 5) is 25.1. The molecule has 40 heavy (non-hydrogen) atoms. The first-order valence-corrected chi connectivity index (χ1v) is 13.4. The number of nitrogens with two attached hydrogens (primary N) is 1. The molecule has 0 fully saturated rings. The fraction of sp³-hybridized carbons (Fsp3) is 0.286. The molecule has 0 aliphatic heterocycles. The summed E-state index contributed by atoms with van der Waals surface area (Å²) in [5.41, 5.74) is 9.46. The van der Waals surface area contributed by atoms with E-state index in [1.54, 1.807) is 12.4 Å². The number of carbonyl (C=O) groups excluding carboxylic acids is 1. The van der Waals surface area contributed by atoms with Gasteiger partial charge >= 0.3 is 5.97 Å². The normalized spacial score (nSPS) is 12.8. The minimum absolute atomic E-state index is 0.0666. The van der Waals surface area contributed by atoms with E-state index in [2.05, 4.69) is 42.5 Å². The number of hydrogen-bond acceptors (Lipinski definition) is 8. The molecule has 0 bridgehead atoms. The number of H-pyrrole nitrogens is 2. The van der Waals surface area contributed by atoms with Crippen LogP contribution in [-0.4, -0.2) is 53.2 Å². The predicted molar refractivity (Wildman–Crippen MR) is 150 cm³/mol. The zero-order valence-corrected chi connectivity index (χ0v) is 23.0. The van der Waals surface area contributed by atoms with Crippen molar-refractivity contribution >= 4 is 17.6 Å². The van der Waals surface area contributed by atoms with E-state index in [-0.39, 0.29) is 11.6 Å². The average molecular weight is 560 g/mol. The molecule has 0 saturated heterocycles. The Bertz CT molecular complexity index is 1560. The van der Waals surface area contributed by atoms with Crippen LogP contribution >= 0.6 is 11.6 Å². The Kier molecular flexibility index (Phi) is 8.04. The summed E-state index contributed by atoms with van der Waals surface area (Å²) >= 11 is 6.72. The lowest BCUT2D eigenvalue weighted by molar-refractivity contribution is -0.147. The number of benzene rings is 2. The number of ether oxygens (including phenoxy) is 1. The van der Waals surface area contributed by atoms with Gasteiger partial charge in [-0.15, -0.1) is 10.2 Å². The van der Waals surface area contributed by atoms with Crippen LogP contribution in [0.2, 0.25) is 5.15 Å². The zero-order chi connectivity index (χ0) is 28.1. The molecule has 0 aliphatic rings. The number of aromatic amines is 2. The van der Waals surface area contributed by atoms with Crippen LogP contribution in [0.5, 0.6) is 0 Å². The van der Waals surface area contributed by atoms with Gasteiger partial charge in [-0.05, 0) is 28.3 Å². The predicted octanol–water partition coefficient (Wildman–Crippen LogP) is 4.07. The number of unbranched alkanes of at least 4 members (excludes halogenated alkanes) is 1. The van der Waals surface area contributed by atoms with Crippen LogP contribution in [0.25, 0.3) is 22.5 Å². The quantitative estimate of drug-likeness (QED) is 0.205. The summed E-state index contributed by atoms with van der Waals surface area (Å²) in [5, 5.41) is 14.7. The minimum atomic E-state index is -1.61. The number of imidazole rings is 2. The van der Waals surface area contributed by atoms with Crippen molar-refractivity contribution in [1.29, 1.82) is 0 Å². The van der Waals surface area contributed by atoms with Crippen LogP contribution in [0.3, 0.4) is 0 Å². The maximum atomic E-state index is 13.2. The van der Waals surface area contributed by atoms with Crippen LogP contribution in [0.15, 0.2) is 60.9 Å². The van der Waals surface area contributed by atoms with Crippen LogP contribution in [-0.2, 0) is 34.5 Å². The number of nitrogens with one attached hydrogen (secondary N) is 2. The fourth-order valence-corrected chi connectivity index (χ4v) is 5.23. The molecule has 3 heterocycles. The third-order valence-electron chi connectivity index (χ3n) is 6.85.